The van der Waals surface area contributed by atoms with E-state index in [1.165, 1.54) is 11.3 Å². The number of benzene rings is 1. The van der Waals surface area contributed by atoms with Gasteiger partial charge in [0.25, 0.3) is 5.91 Å². The molecule has 1 aliphatic heterocycles. The van der Waals surface area contributed by atoms with E-state index in [0.29, 0.717) is 38.0 Å². The number of fused-ring (bicyclic) bond motifs is 1. The monoisotopic (exact) mass is 398 g/mol. The van der Waals surface area contributed by atoms with Crippen molar-refractivity contribution in [3.05, 3.63) is 46.8 Å². The molecule has 0 radical (unpaired) electrons. The highest BCUT2D eigenvalue weighted by molar-refractivity contribution is 5.94. The minimum absolute atomic E-state index is 0.0465. The summed E-state index contributed by atoms with van der Waals surface area (Å²) in [6, 6.07) is 8.47. The summed E-state index contributed by atoms with van der Waals surface area (Å²) in [6.07, 6.45) is 2.83. The van der Waals surface area contributed by atoms with Gasteiger partial charge in [-0.3, -0.25) is 9.48 Å². The Morgan fingerprint density at radius 3 is 2.93 bits per heavy atom. The number of methoxy groups -OCH3 is 1. The molecule has 156 valence electrons. The van der Waals surface area contributed by atoms with Gasteiger partial charge in [0.05, 0.1) is 20.3 Å². The van der Waals surface area contributed by atoms with Crippen molar-refractivity contribution in [2.75, 3.05) is 33.4 Å². The van der Waals surface area contributed by atoms with E-state index in [4.69, 9.17) is 14.6 Å². The van der Waals surface area contributed by atoms with Gasteiger partial charge in [-0.2, -0.15) is 5.10 Å². The van der Waals surface area contributed by atoms with Crippen LogP contribution in [0.1, 0.15) is 40.7 Å². The van der Waals surface area contributed by atoms with Gasteiger partial charge < -0.3 is 19.7 Å². The van der Waals surface area contributed by atoms with Crippen molar-refractivity contribution < 1.29 is 14.3 Å². The van der Waals surface area contributed by atoms with Crippen molar-refractivity contribution in [2.45, 2.75) is 45.3 Å². The maximum Gasteiger partial charge on any atom is 0.274 e. The van der Waals surface area contributed by atoms with Crippen LogP contribution in [0.15, 0.2) is 24.3 Å². The first-order chi connectivity index (χ1) is 14.2. The maximum absolute atomic E-state index is 13.1. The average Bonchev–Trinajstić information content (AvgIpc) is 3.16. The Morgan fingerprint density at radius 2 is 2.17 bits per heavy atom. The van der Waals surface area contributed by atoms with Crippen molar-refractivity contribution in [1.82, 2.24) is 20.0 Å². The minimum Gasteiger partial charge on any atom is -0.497 e. The molecule has 1 amide bonds. The molecule has 29 heavy (non-hydrogen) atoms. The molecule has 1 fully saturated rings. The molecule has 7 nitrogen and oxygen atoms in total. The molecule has 2 heterocycles. The van der Waals surface area contributed by atoms with Gasteiger partial charge >= 0.3 is 0 Å². The summed E-state index contributed by atoms with van der Waals surface area (Å²) in [7, 11) is 1.69. The van der Waals surface area contributed by atoms with Gasteiger partial charge in [0, 0.05) is 43.5 Å². The summed E-state index contributed by atoms with van der Waals surface area (Å²) in [4.78, 5) is 15.0. The molecule has 1 N–H and O–H groups in total. The van der Waals surface area contributed by atoms with Crippen LogP contribution in [0.25, 0.3) is 0 Å². The SMILES string of the molecule is CCn1nc(C(=O)N2CCOCC2)c2c1CCC(NCc1cccc(OC)c1)C2. The molecule has 4 rings (SSSR count). The summed E-state index contributed by atoms with van der Waals surface area (Å²) < 4.78 is 12.7. The second-order valence-electron chi connectivity index (χ2n) is 7.67. The van der Waals surface area contributed by atoms with Gasteiger partial charge in [0.2, 0.25) is 0 Å². The van der Waals surface area contributed by atoms with Crippen molar-refractivity contribution in [1.29, 1.82) is 0 Å². The maximum atomic E-state index is 13.1. The number of aromatic nitrogens is 2. The third-order valence-electron chi connectivity index (χ3n) is 5.88. The van der Waals surface area contributed by atoms with E-state index in [-0.39, 0.29) is 5.91 Å². The van der Waals surface area contributed by atoms with Crippen molar-refractivity contribution >= 4 is 5.91 Å². The van der Waals surface area contributed by atoms with Crippen LogP contribution < -0.4 is 10.1 Å². The summed E-state index contributed by atoms with van der Waals surface area (Å²) in [5.41, 5.74) is 4.18. The normalized spacial score (nSPS) is 19.1. The van der Waals surface area contributed by atoms with Crippen LogP contribution in [-0.2, 0) is 30.7 Å². The molecule has 0 spiro atoms. The lowest BCUT2D eigenvalue weighted by atomic mass is 9.91. The van der Waals surface area contributed by atoms with Gasteiger partial charge in [-0.25, -0.2) is 0 Å². The molecule has 1 unspecified atom stereocenters. The fourth-order valence-electron chi connectivity index (χ4n) is 4.26. The fraction of sp³-hybridized carbons (Fsp3) is 0.545. The first kappa shape index (κ1) is 19.9. The third-order valence-corrected chi connectivity index (χ3v) is 5.88. The Kier molecular flexibility index (Phi) is 6.16. The minimum atomic E-state index is 0.0465. The number of ether oxygens (including phenoxy) is 2. The first-order valence-electron chi connectivity index (χ1n) is 10.5. The summed E-state index contributed by atoms with van der Waals surface area (Å²) in [5, 5.41) is 8.37. The first-order valence-corrected chi connectivity index (χ1v) is 10.5. The number of carbonyl (C=O) groups excluding carboxylic acids is 1. The lowest BCUT2D eigenvalue weighted by Gasteiger charge is -2.28. The Balaban J connectivity index is 1.48. The van der Waals surface area contributed by atoms with Crippen LogP contribution in [-0.4, -0.2) is 60.0 Å². The molecular weight excluding hydrogens is 368 g/mol. The Hall–Kier alpha value is -2.38. The molecule has 1 atom stereocenters. The predicted molar refractivity (Wildman–Crippen MR) is 110 cm³/mol. The molecule has 1 aromatic heterocycles. The topological polar surface area (TPSA) is 68.6 Å². The number of aryl methyl sites for hydroxylation is 1. The van der Waals surface area contributed by atoms with E-state index < -0.39 is 0 Å². The van der Waals surface area contributed by atoms with Crippen LogP contribution in [0.5, 0.6) is 5.75 Å². The lowest BCUT2D eigenvalue weighted by Crippen LogP contribution is -2.41. The molecular formula is C22H30N4O3. The second kappa shape index (κ2) is 8.97. The largest absolute Gasteiger partial charge is 0.497 e. The average molecular weight is 399 g/mol. The number of morpholine rings is 1. The Morgan fingerprint density at radius 1 is 1.34 bits per heavy atom. The molecule has 1 aliphatic carbocycles. The number of hydrogen-bond acceptors (Lipinski definition) is 5. The van der Waals surface area contributed by atoms with Crippen LogP contribution in [0.2, 0.25) is 0 Å². The summed E-state index contributed by atoms with van der Waals surface area (Å²) in [6.45, 7) is 6.16. The highest BCUT2D eigenvalue weighted by atomic mass is 16.5. The number of amides is 1. The van der Waals surface area contributed by atoms with Crippen LogP contribution in [0, 0.1) is 0 Å². The highest BCUT2D eigenvalue weighted by Gasteiger charge is 2.31. The molecule has 2 aromatic rings. The Labute approximate surface area is 172 Å². The van der Waals surface area contributed by atoms with Gasteiger partial charge in [-0.15, -0.1) is 0 Å². The van der Waals surface area contributed by atoms with Crippen molar-refractivity contribution in [3.8, 4) is 5.75 Å². The van der Waals surface area contributed by atoms with E-state index >= 15 is 0 Å². The number of hydrogen-bond donors (Lipinski definition) is 1. The number of carbonyl (C=O) groups is 1. The molecule has 1 saturated heterocycles. The van der Waals surface area contributed by atoms with Crippen LogP contribution in [0.3, 0.4) is 0 Å². The predicted octanol–water partition coefficient (Wildman–Crippen LogP) is 2.03. The number of rotatable bonds is 6. The summed E-state index contributed by atoms with van der Waals surface area (Å²) in [5.74, 6) is 0.919. The molecule has 7 heteroatoms. The van der Waals surface area contributed by atoms with Gasteiger partial charge in [0.1, 0.15) is 5.75 Å². The summed E-state index contributed by atoms with van der Waals surface area (Å²) >= 11 is 0. The van der Waals surface area contributed by atoms with E-state index in [2.05, 4.69) is 24.4 Å². The molecule has 0 bridgehead atoms. The van der Waals surface area contributed by atoms with E-state index in [1.54, 1.807) is 7.11 Å². The van der Waals surface area contributed by atoms with Crippen molar-refractivity contribution in [3.63, 3.8) is 0 Å². The molecule has 0 saturated carbocycles. The fourth-order valence-corrected chi connectivity index (χ4v) is 4.26. The highest BCUT2D eigenvalue weighted by Crippen LogP contribution is 2.26. The van der Waals surface area contributed by atoms with E-state index in [9.17, 15) is 4.79 Å². The van der Waals surface area contributed by atoms with Crippen molar-refractivity contribution in [2.24, 2.45) is 0 Å². The third kappa shape index (κ3) is 4.31. The lowest BCUT2D eigenvalue weighted by molar-refractivity contribution is 0.0297. The zero-order valence-electron chi connectivity index (χ0n) is 17.3. The smallest absolute Gasteiger partial charge is 0.274 e. The van der Waals surface area contributed by atoms with E-state index in [0.717, 1.165) is 43.7 Å². The molecule has 2 aliphatic rings. The standard InChI is InChI=1S/C22H30N4O3/c1-3-26-20-8-7-17(23-15-16-5-4-6-18(13-16)28-2)14-19(20)21(24-26)22(27)25-9-11-29-12-10-25/h4-6,13,17,23H,3,7-12,14-15H2,1-2H3. The zero-order chi connectivity index (χ0) is 20.2. The number of nitrogens with one attached hydrogen (secondary N) is 1. The van der Waals surface area contributed by atoms with Gasteiger partial charge in [-0.1, -0.05) is 12.1 Å². The van der Waals surface area contributed by atoms with Gasteiger partial charge in [-0.05, 0) is 43.9 Å². The number of nitrogens with zero attached hydrogens (tertiary/aromatic N) is 3. The second-order valence-corrected chi connectivity index (χ2v) is 7.67. The zero-order valence-corrected chi connectivity index (χ0v) is 17.3. The van der Waals surface area contributed by atoms with Crippen LogP contribution in [0.4, 0.5) is 0 Å². The van der Waals surface area contributed by atoms with E-state index in [1.807, 2.05) is 21.7 Å². The molecule has 1 aromatic carbocycles. The Bertz CT molecular complexity index is 858. The van der Waals surface area contributed by atoms with Crippen LogP contribution >= 0.6 is 0 Å². The quantitative estimate of drug-likeness (QED) is 0.806. The van der Waals surface area contributed by atoms with Gasteiger partial charge in [0.15, 0.2) is 5.69 Å².